The number of fused-ring (bicyclic) bond motifs is 1. The van der Waals surface area contributed by atoms with Crippen LogP contribution < -0.4 is 19.5 Å². The standard InChI is InChI=1S/C22H19N3O7S/c1-14-6-8-16(25(27)28)13-21(14)33(29,30)24-18-5-3-2-4-17(18)22(26)23-15-7-9-19-20(12-15)32-11-10-31-19/h2-9,12-13,24H,10-11H2,1H3,(H,23,26). The van der Waals surface area contributed by atoms with E-state index in [2.05, 4.69) is 10.0 Å². The first-order valence-corrected chi connectivity index (χ1v) is 11.3. The predicted octanol–water partition coefficient (Wildman–Crippen LogP) is 3.73. The van der Waals surface area contributed by atoms with Gasteiger partial charge in [0, 0.05) is 23.9 Å². The summed E-state index contributed by atoms with van der Waals surface area (Å²) in [5.41, 5.74) is 0.505. The third kappa shape index (κ3) is 4.72. The van der Waals surface area contributed by atoms with Gasteiger partial charge in [-0.15, -0.1) is 0 Å². The topological polar surface area (TPSA) is 137 Å². The van der Waals surface area contributed by atoms with Crippen LogP contribution in [0.25, 0.3) is 0 Å². The van der Waals surface area contributed by atoms with Gasteiger partial charge in [-0.1, -0.05) is 18.2 Å². The van der Waals surface area contributed by atoms with Gasteiger partial charge in [-0.3, -0.25) is 19.6 Å². The van der Waals surface area contributed by atoms with Crippen LogP contribution in [0.2, 0.25) is 0 Å². The van der Waals surface area contributed by atoms with E-state index in [1.165, 1.54) is 31.2 Å². The molecular formula is C22H19N3O7S. The number of aryl methyl sites for hydroxylation is 1. The lowest BCUT2D eigenvalue weighted by atomic mass is 10.1. The Bertz CT molecular complexity index is 1360. The number of nitro groups is 1. The van der Waals surface area contributed by atoms with Gasteiger partial charge in [-0.25, -0.2) is 8.42 Å². The zero-order valence-corrected chi connectivity index (χ0v) is 18.2. The van der Waals surface area contributed by atoms with E-state index in [-0.39, 0.29) is 21.8 Å². The van der Waals surface area contributed by atoms with Crippen molar-refractivity contribution in [1.29, 1.82) is 0 Å². The van der Waals surface area contributed by atoms with Gasteiger partial charge in [0.15, 0.2) is 11.5 Å². The lowest BCUT2D eigenvalue weighted by Crippen LogP contribution is -2.19. The van der Waals surface area contributed by atoms with Crippen molar-refractivity contribution in [3.8, 4) is 11.5 Å². The number of hydrogen-bond acceptors (Lipinski definition) is 7. The summed E-state index contributed by atoms with van der Waals surface area (Å²) < 4.78 is 39.3. The van der Waals surface area contributed by atoms with E-state index in [1.54, 1.807) is 30.3 Å². The Morgan fingerprint density at radius 1 is 1.00 bits per heavy atom. The molecule has 3 aromatic carbocycles. The number of benzene rings is 3. The van der Waals surface area contributed by atoms with Gasteiger partial charge in [-0.05, 0) is 36.8 Å². The molecule has 0 spiro atoms. The number of para-hydroxylation sites is 1. The van der Waals surface area contributed by atoms with E-state index in [9.17, 15) is 23.3 Å². The highest BCUT2D eigenvalue weighted by Gasteiger charge is 2.23. The molecule has 170 valence electrons. The van der Waals surface area contributed by atoms with Crippen LogP contribution in [0, 0.1) is 17.0 Å². The van der Waals surface area contributed by atoms with Crippen LogP contribution in [0.1, 0.15) is 15.9 Å². The van der Waals surface area contributed by atoms with Crippen LogP contribution in [0.3, 0.4) is 0 Å². The van der Waals surface area contributed by atoms with Gasteiger partial charge in [-0.2, -0.15) is 0 Å². The summed E-state index contributed by atoms with van der Waals surface area (Å²) in [4.78, 5) is 23.1. The summed E-state index contributed by atoms with van der Waals surface area (Å²) in [6, 6.07) is 14.6. The summed E-state index contributed by atoms with van der Waals surface area (Å²) in [5.74, 6) is 0.509. The van der Waals surface area contributed by atoms with E-state index in [4.69, 9.17) is 9.47 Å². The molecule has 0 radical (unpaired) electrons. The molecule has 0 atom stereocenters. The number of nitrogens with zero attached hydrogens (tertiary/aromatic N) is 1. The molecule has 2 N–H and O–H groups in total. The van der Waals surface area contributed by atoms with Crippen molar-refractivity contribution in [2.75, 3.05) is 23.3 Å². The van der Waals surface area contributed by atoms with Crippen LogP contribution in [0.5, 0.6) is 11.5 Å². The predicted molar refractivity (Wildman–Crippen MR) is 120 cm³/mol. The average Bonchev–Trinajstić information content (AvgIpc) is 2.79. The maximum absolute atomic E-state index is 13.0. The second-order valence-electron chi connectivity index (χ2n) is 7.17. The molecule has 1 aliphatic heterocycles. The van der Waals surface area contributed by atoms with Crippen molar-refractivity contribution in [3.05, 3.63) is 81.9 Å². The molecule has 4 rings (SSSR count). The van der Waals surface area contributed by atoms with Gasteiger partial charge >= 0.3 is 0 Å². The van der Waals surface area contributed by atoms with Crippen LogP contribution in [-0.4, -0.2) is 32.5 Å². The monoisotopic (exact) mass is 469 g/mol. The van der Waals surface area contributed by atoms with Crippen LogP contribution in [0.4, 0.5) is 17.1 Å². The Morgan fingerprint density at radius 2 is 1.73 bits per heavy atom. The molecule has 0 saturated heterocycles. The van der Waals surface area contributed by atoms with E-state index >= 15 is 0 Å². The minimum atomic E-state index is -4.21. The zero-order chi connectivity index (χ0) is 23.6. The van der Waals surface area contributed by atoms with Gasteiger partial charge in [0.1, 0.15) is 13.2 Å². The quantitative estimate of drug-likeness (QED) is 0.414. The van der Waals surface area contributed by atoms with Crippen LogP contribution in [-0.2, 0) is 10.0 Å². The highest BCUT2D eigenvalue weighted by Crippen LogP contribution is 2.33. The summed E-state index contributed by atoms with van der Waals surface area (Å²) >= 11 is 0. The number of non-ortho nitro benzene ring substituents is 1. The minimum Gasteiger partial charge on any atom is -0.486 e. The van der Waals surface area contributed by atoms with Gasteiger partial charge in [0.2, 0.25) is 0 Å². The van der Waals surface area contributed by atoms with E-state index in [0.29, 0.717) is 36.0 Å². The Morgan fingerprint density at radius 3 is 2.48 bits per heavy atom. The Labute approximate surface area is 189 Å². The minimum absolute atomic E-state index is 0.0263. The summed E-state index contributed by atoms with van der Waals surface area (Å²) in [6.07, 6.45) is 0. The summed E-state index contributed by atoms with van der Waals surface area (Å²) in [5, 5.41) is 13.8. The molecule has 33 heavy (non-hydrogen) atoms. The number of carbonyl (C=O) groups excluding carboxylic acids is 1. The van der Waals surface area contributed by atoms with Gasteiger partial charge in [0.05, 0.1) is 21.1 Å². The van der Waals surface area contributed by atoms with Crippen molar-refractivity contribution in [2.24, 2.45) is 0 Å². The van der Waals surface area contributed by atoms with Gasteiger partial charge in [0.25, 0.3) is 21.6 Å². The fourth-order valence-corrected chi connectivity index (χ4v) is 4.63. The van der Waals surface area contributed by atoms with Crippen molar-refractivity contribution in [3.63, 3.8) is 0 Å². The fraction of sp³-hybridized carbons (Fsp3) is 0.136. The van der Waals surface area contributed by atoms with Crippen molar-refractivity contribution in [1.82, 2.24) is 0 Å². The van der Waals surface area contributed by atoms with Crippen molar-refractivity contribution < 1.29 is 27.6 Å². The maximum atomic E-state index is 13.0. The smallest absolute Gasteiger partial charge is 0.270 e. The number of rotatable bonds is 6. The number of nitrogens with one attached hydrogen (secondary N) is 2. The number of amides is 1. The molecule has 0 saturated carbocycles. The molecule has 11 heteroatoms. The largest absolute Gasteiger partial charge is 0.486 e. The van der Waals surface area contributed by atoms with Crippen molar-refractivity contribution in [2.45, 2.75) is 11.8 Å². The average molecular weight is 469 g/mol. The molecule has 1 amide bonds. The Hall–Kier alpha value is -4.12. The molecule has 0 fully saturated rings. The van der Waals surface area contributed by atoms with E-state index < -0.39 is 20.9 Å². The molecule has 0 aromatic heterocycles. The number of ether oxygens (including phenoxy) is 2. The number of anilines is 2. The Kier molecular flexibility index (Phi) is 5.88. The second-order valence-corrected chi connectivity index (χ2v) is 8.82. The summed E-state index contributed by atoms with van der Waals surface area (Å²) in [6.45, 7) is 2.36. The normalized spacial score (nSPS) is 12.6. The van der Waals surface area contributed by atoms with Crippen molar-refractivity contribution >= 4 is 33.0 Å². The zero-order valence-electron chi connectivity index (χ0n) is 17.4. The highest BCUT2D eigenvalue weighted by atomic mass is 32.2. The van der Waals surface area contributed by atoms with Crippen LogP contribution >= 0.6 is 0 Å². The lowest BCUT2D eigenvalue weighted by molar-refractivity contribution is -0.385. The SMILES string of the molecule is Cc1ccc([N+](=O)[O-])cc1S(=O)(=O)Nc1ccccc1C(=O)Nc1ccc2c(c1)OCCO2. The van der Waals surface area contributed by atoms with Gasteiger partial charge < -0.3 is 14.8 Å². The number of hydrogen-bond donors (Lipinski definition) is 2. The molecule has 0 unspecified atom stereocenters. The first kappa shape index (κ1) is 22.1. The first-order chi connectivity index (χ1) is 15.7. The summed E-state index contributed by atoms with van der Waals surface area (Å²) in [7, 11) is -4.21. The lowest BCUT2D eigenvalue weighted by Gasteiger charge is -2.19. The molecule has 10 nitrogen and oxygen atoms in total. The third-order valence-electron chi connectivity index (χ3n) is 4.89. The molecule has 0 aliphatic carbocycles. The number of nitro benzene ring substituents is 1. The Balaban J connectivity index is 1.61. The highest BCUT2D eigenvalue weighted by molar-refractivity contribution is 7.92. The van der Waals surface area contributed by atoms with Crippen LogP contribution in [0.15, 0.2) is 65.6 Å². The fourth-order valence-electron chi connectivity index (χ4n) is 3.28. The number of sulfonamides is 1. The van der Waals surface area contributed by atoms with E-state index in [0.717, 1.165) is 6.07 Å². The molecular weight excluding hydrogens is 450 g/mol. The molecule has 0 bridgehead atoms. The first-order valence-electron chi connectivity index (χ1n) is 9.82. The maximum Gasteiger partial charge on any atom is 0.270 e. The molecule has 3 aromatic rings. The third-order valence-corrected chi connectivity index (χ3v) is 6.40. The van der Waals surface area contributed by atoms with E-state index in [1.807, 2.05) is 0 Å². The molecule has 1 aliphatic rings. The molecule has 1 heterocycles. The second kappa shape index (κ2) is 8.79. The number of carbonyl (C=O) groups is 1.